The number of nitrogens with zero attached hydrogens (tertiary/aromatic N) is 2. The van der Waals surface area contributed by atoms with E-state index in [2.05, 4.69) is 10.3 Å². The molecule has 9 heteroatoms. The molecule has 0 bridgehead atoms. The van der Waals surface area contributed by atoms with Crippen LogP contribution in [0.1, 0.15) is 36.9 Å². The fourth-order valence-corrected chi connectivity index (χ4v) is 4.32. The van der Waals surface area contributed by atoms with Crippen molar-refractivity contribution < 1.29 is 18.0 Å². The number of anilines is 2. The molecule has 8 nitrogen and oxygen atoms in total. The van der Waals surface area contributed by atoms with Gasteiger partial charge in [-0.25, -0.2) is 13.4 Å². The van der Waals surface area contributed by atoms with Gasteiger partial charge in [0.05, 0.1) is 22.8 Å². The second kappa shape index (κ2) is 8.43. The van der Waals surface area contributed by atoms with Crippen LogP contribution in [0, 0.1) is 12.8 Å². The molecule has 160 valence electrons. The average Bonchev–Trinajstić information content (AvgIpc) is 2.69. The first-order chi connectivity index (χ1) is 14.1. The third kappa shape index (κ3) is 4.79. The summed E-state index contributed by atoms with van der Waals surface area (Å²) < 4.78 is 23.9. The maximum atomic E-state index is 13.0. The standard InChI is InChI=1S/C21H26N4O4S/c1-13-7-8-18(15-5-4-6-17(10-15)30(3,28)29)25(12-13)21(27)20(26)24-16-9-14(2)19(22)23-11-16/h4-6,9-11,13,18H,7-8,12H2,1-3H3,(H2,22,23)(H,24,26)/t13-,18+/m0/s1. The molecule has 0 saturated carbocycles. The van der Waals surface area contributed by atoms with Crippen LogP contribution in [0.4, 0.5) is 11.5 Å². The van der Waals surface area contributed by atoms with E-state index < -0.39 is 21.7 Å². The van der Waals surface area contributed by atoms with Gasteiger partial charge in [-0.1, -0.05) is 19.1 Å². The van der Waals surface area contributed by atoms with Crippen molar-refractivity contribution in [2.45, 2.75) is 37.6 Å². The summed E-state index contributed by atoms with van der Waals surface area (Å²) >= 11 is 0. The van der Waals surface area contributed by atoms with Gasteiger partial charge in [0.25, 0.3) is 0 Å². The number of likely N-dealkylation sites (tertiary alicyclic amines) is 1. The van der Waals surface area contributed by atoms with Gasteiger partial charge in [-0.3, -0.25) is 9.59 Å². The fourth-order valence-electron chi connectivity index (χ4n) is 3.64. The molecule has 2 amide bonds. The van der Waals surface area contributed by atoms with Gasteiger partial charge < -0.3 is 16.0 Å². The number of carbonyl (C=O) groups is 2. The van der Waals surface area contributed by atoms with E-state index in [4.69, 9.17) is 5.73 Å². The summed E-state index contributed by atoms with van der Waals surface area (Å²) in [4.78, 5) is 31.4. The molecule has 2 aromatic rings. The highest BCUT2D eigenvalue weighted by molar-refractivity contribution is 7.90. The third-order valence-corrected chi connectivity index (χ3v) is 6.43. The molecule has 1 aromatic heterocycles. The molecule has 30 heavy (non-hydrogen) atoms. The topological polar surface area (TPSA) is 122 Å². The van der Waals surface area contributed by atoms with E-state index >= 15 is 0 Å². The third-order valence-electron chi connectivity index (χ3n) is 5.32. The molecule has 0 aliphatic carbocycles. The van der Waals surface area contributed by atoms with Crippen molar-refractivity contribution >= 4 is 33.2 Å². The van der Waals surface area contributed by atoms with E-state index in [0.29, 0.717) is 35.6 Å². The molecule has 1 aliphatic rings. The first-order valence-corrected chi connectivity index (χ1v) is 11.6. The minimum atomic E-state index is -3.38. The van der Waals surface area contributed by atoms with Crippen molar-refractivity contribution in [3.05, 3.63) is 47.7 Å². The van der Waals surface area contributed by atoms with Crippen LogP contribution in [0.5, 0.6) is 0 Å². The molecule has 0 radical (unpaired) electrons. The minimum absolute atomic E-state index is 0.193. The number of aromatic nitrogens is 1. The molecular weight excluding hydrogens is 404 g/mol. The Balaban J connectivity index is 1.86. The number of nitrogens with one attached hydrogen (secondary N) is 1. The van der Waals surface area contributed by atoms with E-state index in [0.717, 1.165) is 12.7 Å². The van der Waals surface area contributed by atoms with Crippen molar-refractivity contribution in [3.63, 3.8) is 0 Å². The first-order valence-electron chi connectivity index (χ1n) is 9.70. The van der Waals surface area contributed by atoms with Gasteiger partial charge in [-0.15, -0.1) is 0 Å². The lowest BCUT2D eigenvalue weighted by Gasteiger charge is -2.38. The maximum Gasteiger partial charge on any atom is 0.313 e. The monoisotopic (exact) mass is 430 g/mol. The number of aryl methyl sites for hydroxylation is 1. The van der Waals surface area contributed by atoms with Gasteiger partial charge in [-0.2, -0.15) is 0 Å². The quantitative estimate of drug-likeness (QED) is 0.721. The normalized spacial score (nSPS) is 19.4. The van der Waals surface area contributed by atoms with Gasteiger partial charge >= 0.3 is 11.8 Å². The summed E-state index contributed by atoms with van der Waals surface area (Å²) in [6.07, 6.45) is 4.07. The zero-order chi connectivity index (χ0) is 22.1. The maximum absolute atomic E-state index is 13.0. The van der Waals surface area contributed by atoms with Gasteiger partial charge in [-0.05, 0) is 55.0 Å². The summed E-state index contributed by atoms with van der Waals surface area (Å²) in [7, 11) is -3.38. The summed E-state index contributed by atoms with van der Waals surface area (Å²) in [5.74, 6) is -0.836. The van der Waals surface area contributed by atoms with E-state index in [-0.39, 0.29) is 16.9 Å². The molecule has 1 aliphatic heterocycles. The Kier molecular flexibility index (Phi) is 6.12. The van der Waals surface area contributed by atoms with Gasteiger partial charge in [0.2, 0.25) is 0 Å². The SMILES string of the molecule is Cc1cc(NC(=O)C(=O)N2C[C@@H](C)CC[C@@H]2c2cccc(S(C)(=O)=O)c2)cnc1N. The number of sulfone groups is 1. The number of rotatable bonds is 3. The van der Waals surface area contributed by atoms with E-state index in [1.165, 1.54) is 17.2 Å². The molecular formula is C21H26N4O4S. The number of carbonyl (C=O) groups excluding carboxylic acids is 2. The van der Waals surface area contributed by atoms with Crippen LogP contribution in [0.2, 0.25) is 0 Å². The lowest BCUT2D eigenvalue weighted by molar-refractivity contribution is -0.146. The number of hydrogen-bond acceptors (Lipinski definition) is 6. The lowest BCUT2D eigenvalue weighted by Crippen LogP contribution is -2.46. The second-order valence-corrected chi connectivity index (χ2v) is 9.90. The summed E-state index contributed by atoms with van der Waals surface area (Å²) in [5.41, 5.74) is 7.49. The molecule has 0 spiro atoms. The predicted molar refractivity (Wildman–Crippen MR) is 114 cm³/mol. The average molecular weight is 431 g/mol. The molecule has 3 rings (SSSR count). The van der Waals surface area contributed by atoms with E-state index in [9.17, 15) is 18.0 Å². The van der Waals surface area contributed by atoms with Gasteiger partial charge in [0.1, 0.15) is 5.82 Å². The number of piperidine rings is 1. The van der Waals surface area contributed by atoms with E-state index in [1.54, 1.807) is 31.2 Å². The Morgan fingerprint density at radius 3 is 2.63 bits per heavy atom. The Morgan fingerprint density at radius 2 is 1.97 bits per heavy atom. The van der Waals surface area contributed by atoms with Crippen molar-refractivity contribution in [2.24, 2.45) is 5.92 Å². The van der Waals surface area contributed by atoms with Crippen molar-refractivity contribution in [1.82, 2.24) is 9.88 Å². The first kappa shape index (κ1) is 21.8. The van der Waals surface area contributed by atoms with Crippen molar-refractivity contribution in [2.75, 3.05) is 23.9 Å². The number of benzene rings is 1. The number of nitrogen functional groups attached to an aromatic ring is 1. The number of amides is 2. The van der Waals surface area contributed by atoms with Crippen molar-refractivity contribution in [1.29, 1.82) is 0 Å². The van der Waals surface area contributed by atoms with Gasteiger partial charge in [0, 0.05) is 12.8 Å². The van der Waals surface area contributed by atoms with Crippen LogP contribution in [0.3, 0.4) is 0 Å². The summed E-state index contributed by atoms with van der Waals surface area (Å²) in [6, 6.07) is 7.85. The smallest absolute Gasteiger partial charge is 0.313 e. The van der Waals surface area contributed by atoms with E-state index in [1.807, 2.05) is 6.92 Å². The predicted octanol–water partition coefficient (Wildman–Crippen LogP) is 2.31. The number of nitrogens with two attached hydrogens (primary N) is 1. The van der Waals surface area contributed by atoms with Crippen LogP contribution in [-0.4, -0.2) is 42.9 Å². The molecule has 2 heterocycles. The fraction of sp³-hybridized carbons (Fsp3) is 0.381. The molecule has 1 saturated heterocycles. The Labute approximate surface area is 176 Å². The highest BCUT2D eigenvalue weighted by Crippen LogP contribution is 2.34. The molecule has 0 unspecified atom stereocenters. The lowest BCUT2D eigenvalue weighted by atomic mass is 9.90. The van der Waals surface area contributed by atoms with Crippen molar-refractivity contribution in [3.8, 4) is 0 Å². The zero-order valence-electron chi connectivity index (χ0n) is 17.3. The number of pyridine rings is 1. The second-order valence-electron chi connectivity index (χ2n) is 7.88. The highest BCUT2D eigenvalue weighted by atomic mass is 32.2. The molecule has 3 N–H and O–H groups in total. The number of hydrogen-bond donors (Lipinski definition) is 2. The Bertz CT molecular complexity index is 1080. The van der Waals surface area contributed by atoms with Gasteiger partial charge in [0.15, 0.2) is 9.84 Å². The largest absolute Gasteiger partial charge is 0.383 e. The summed E-state index contributed by atoms with van der Waals surface area (Å²) in [5, 5.41) is 2.59. The summed E-state index contributed by atoms with van der Waals surface area (Å²) in [6.45, 7) is 4.20. The van der Waals surface area contributed by atoms with Crippen LogP contribution >= 0.6 is 0 Å². The zero-order valence-corrected chi connectivity index (χ0v) is 18.1. The van der Waals surface area contributed by atoms with Crippen LogP contribution in [-0.2, 0) is 19.4 Å². The highest BCUT2D eigenvalue weighted by Gasteiger charge is 2.34. The molecule has 1 aromatic carbocycles. The molecule has 2 atom stereocenters. The van der Waals surface area contributed by atoms with Crippen LogP contribution < -0.4 is 11.1 Å². The van der Waals surface area contributed by atoms with Crippen LogP contribution in [0.25, 0.3) is 0 Å². The Hall–Kier alpha value is -2.94. The minimum Gasteiger partial charge on any atom is -0.383 e. The van der Waals surface area contributed by atoms with Crippen LogP contribution in [0.15, 0.2) is 41.4 Å². The molecule has 1 fully saturated rings. The Morgan fingerprint density at radius 1 is 1.23 bits per heavy atom.